The van der Waals surface area contributed by atoms with Crippen molar-refractivity contribution in [3.8, 4) is 17.2 Å². The van der Waals surface area contributed by atoms with Crippen molar-refractivity contribution in [3.05, 3.63) is 24.3 Å². The molecule has 0 aliphatic carbocycles. The molecule has 0 N–H and O–H groups in total. The van der Waals surface area contributed by atoms with Gasteiger partial charge in [-0.1, -0.05) is 0 Å². The molecule has 1 aromatic heterocycles. The van der Waals surface area contributed by atoms with Gasteiger partial charge in [-0.2, -0.15) is 0 Å². The fourth-order valence-corrected chi connectivity index (χ4v) is 2.42. The highest BCUT2D eigenvalue weighted by Crippen LogP contribution is 2.37. The average molecular weight is 350 g/mol. The minimum atomic E-state index is -0.775. The first kappa shape index (κ1) is 17.8. The summed E-state index contributed by atoms with van der Waals surface area (Å²) in [4.78, 5) is 0. The number of ether oxygens (including phenoxy) is 2. The summed E-state index contributed by atoms with van der Waals surface area (Å²) in [6, 6.07) is 2.77. The van der Waals surface area contributed by atoms with Crippen LogP contribution in [0.5, 0.6) is 5.75 Å². The van der Waals surface area contributed by atoms with Crippen LogP contribution in [0, 0.1) is 5.82 Å². The van der Waals surface area contributed by atoms with Gasteiger partial charge in [-0.15, -0.1) is 10.2 Å². The Bertz CT molecular complexity index is 735. The number of hydrogen-bond donors (Lipinski definition) is 0. The van der Waals surface area contributed by atoms with Gasteiger partial charge in [0.25, 0.3) is 5.89 Å². The van der Waals surface area contributed by atoms with E-state index >= 15 is 0 Å². The molecule has 2 heterocycles. The van der Waals surface area contributed by atoms with Gasteiger partial charge in [0.2, 0.25) is 6.39 Å². The third-order valence-electron chi connectivity index (χ3n) is 4.53. The fraction of sp³-hybridized carbons (Fsp3) is 0.500. The zero-order chi connectivity index (χ0) is 18.2. The number of benzene rings is 1. The molecule has 1 aromatic carbocycles. The second-order valence-corrected chi connectivity index (χ2v) is 6.75. The van der Waals surface area contributed by atoms with Gasteiger partial charge >= 0.3 is 7.12 Å². The van der Waals surface area contributed by atoms with Crippen molar-refractivity contribution < 1.29 is 27.6 Å². The minimum absolute atomic E-state index is 0.0125. The Morgan fingerprint density at radius 2 is 1.84 bits per heavy atom. The highest BCUT2D eigenvalue weighted by Gasteiger charge is 2.52. The van der Waals surface area contributed by atoms with Crippen molar-refractivity contribution in [2.45, 2.75) is 38.9 Å². The molecule has 1 aliphatic rings. The van der Waals surface area contributed by atoms with E-state index in [4.69, 9.17) is 23.2 Å². The van der Waals surface area contributed by atoms with Gasteiger partial charge in [0.05, 0.1) is 16.8 Å². The molecular formula is C16H20BFN2O5. The normalized spacial score (nSPS) is 18.6. The van der Waals surface area contributed by atoms with E-state index in [1.54, 1.807) is 0 Å². The number of halogens is 1. The van der Waals surface area contributed by atoms with Crippen LogP contribution in [0.15, 0.2) is 22.9 Å². The van der Waals surface area contributed by atoms with Gasteiger partial charge in [0, 0.05) is 12.6 Å². The van der Waals surface area contributed by atoms with E-state index < -0.39 is 24.1 Å². The smallest absolute Gasteiger partial charge is 0.468 e. The highest BCUT2D eigenvalue weighted by atomic mass is 19.1. The van der Waals surface area contributed by atoms with Crippen molar-refractivity contribution in [1.82, 2.24) is 10.2 Å². The molecule has 1 fully saturated rings. The third-order valence-corrected chi connectivity index (χ3v) is 4.53. The summed E-state index contributed by atoms with van der Waals surface area (Å²) in [7, 11) is 0.722. The maximum absolute atomic E-state index is 14.6. The van der Waals surface area contributed by atoms with Gasteiger partial charge in [-0.05, 0) is 39.8 Å². The number of rotatable bonds is 5. The number of nitrogens with zero attached hydrogens (tertiary/aromatic N) is 2. The molecule has 134 valence electrons. The van der Waals surface area contributed by atoms with E-state index in [1.165, 1.54) is 19.2 Å². The lowest BCUT2D eigenvalue weighted by molar-refractivity contribution is 0.00578. The maximum Gasteiger partial charge on any atom is 0.498 e. The van der Waals surface area contributed by atoms with Crippen molar-refractivity contribution >= 4 is 12.6 Å². The van der Waals surface area contributed by atoms with Gasteiger partial charge in [0.15, 0.2) is 6.79 Å². The zero-order valence-corrected chi connectivity index (χ0v) is 14.8. The van der Waals surface area contributed by atoms with Crippen LogP contribution in [-0.2, 0) is 14.0 Å². The minimum Gasteiger partial charge on any atom is -0.468 e. The molecule has 0 amide bonds. The highest BCUT2D eigenvalue weighted by molar-refractivity contribution is 6.63. The van der Waals surface area contributed by atoms with Gasteiger partial charge in [0.1, 0.15) is 11.6 Å². The van der Waals surface area contributed by atoms with E-state index in [-0.39, 0.29) is 18.2 Å². The van der Waals surface area contributed by atoms with E-state index in [2.05, 4.69) is 10.2 Å². The average Bonchev–Trinajstić information content (AvgIpc) is 3.12. The summed E-state index contributed by atoms with van der Waals surface area (Å²) in [6.45, 7) is 7.68. The molecule has 1 saturated heterocycles. The zero-order valence-electron chi connectivity index (χ0n) is 14.8. The SMILES string of the molecule is COCOc1cc(-c2nnco2)c(F)cc1B1OC(C)(C)C(C)(C)O1. The largest absolute Gasteiger partial charge is 0.498 e. The van der Waals surface area contributed by atoms with E-state index in [1.807, 2.05) is 27.7 Å². The second-order valence-electron chi connectivity index (χ2n) is 6.75. The monoisotopic (exact) mass is 350 g/mol. The Labute approximate surface area is 145 Å². The van der Waals surface area contributed by atoms with Gasteiger partial charge in [-0.3, -0.25) is 0 Å². The number of aromatic nitrogens is 2. The van der Waals surface area contributed by atoms with Gasteiger partial charge in [-0.25, -0.2) is 4.39 Å². The molecule has 9 heteroatoms. The molecule has 0 unspecified atom stereocenters. The molecular weight excluding hydrogens is 330 g/mol. The molecule has 2 aromatic rings. The molecule has 0 saturated carbocycles. The second kappa shape index (κ2) is 6.40. The maximum atomic E-state index is 14.6. The van der Waals surface area contributed by atoms with E-state index in [9.17, 15) is 4.39 Å². The lowest BCUT2D eigenvalue weighted by Crippen LogP contribution is -2.41. The molecule has 0 atom stereocenters. The van der Waals surface area contributed by atoms with Crippen LogP contribution in [0.3, 0.4) is 0 Å². The lowest BCUT2D eigenvalue weighted by atomic mass is 9.77. The predicted molar refractivity (Wildman–Crippen MR) is 87.9 cm³/mol. The summed E-state index contributed by atoms with van der Waals surface area (Å²) in [5, 5.41) is 7.31. The Hall–Kier alpha value is -1.97. The quantitative estimate of drug-likeness (QED) is 0.604. The van der Waals surface area contributed by atoms with Crippen LogP contribution in [0.4, 0.5) is 4.39 Å². The fourth-order valence-electron chi connectivity index (χ4n) is 2.42. The van der Waals surface area contributed by atoms with Crippen LogP contribution in [0.25, 0.3) is 11.5 Å². The van der Waals surface area contributed by atoms with Crippen molar-refractivity contribution in [2.24, 2.45) is 0 Å². The van der Waals surface area contributed by atoms with Crippen LogP contribution in [0.2, 0.25) is 0 Å². The third kappa shape index (κ3) is 3.27. The van der Waals surface area contributed by atoms with E-state index in [0.29, 0.717) is 11.2 Å². The van der Waals surface area contributed by atoms with Crippen molar-refractivity contribution in [1.29, 1.82) is 0 Å². The summed E-state index contributed by atoms with van der Waals surface area (Å²) < 4.78 is 42.2. The summed E-state index contributed by atoms with van der Waals surface area (Å²) in [5.41, 5.74) is -0.560. The molecule has 25 heavy (non-hydrogen) atoms. The Morgan fingerprint density at radius 1 is 1.16 bits per heavy atom. The lowest BCUT2D eigenvalue weighted by Gasteiger charge is -2.32. The summed E-state index contributed by atoms with van der Waals surface area (Å²) in [6.07, 6.45) is 1.13. The van der Waals surface area contributed by atoms with E-state index in [0.717, 1.165) is 6.39 Å². The molecule has 0 bridgehead atoms. The van der Waals surface area contributed by atoms with Crippen molar-refractivity contribution in [3.63, 3.8) is 0 Å². The first-order valence-electron chi connectivity index (χ1n) is 7.82. The Balaban J connectivity index is 2.02. The number of methoxy groups -OCH3 is 1. The molecule has 3 rings (SSSR count). The molecule has 1 aliphatic heterocycles. The van der Waals surface area contributed by atoms with Crippen LogP contribution in [0.1, 0.15) is 27.7 Å². The molecule has 0 spiro atoms. The van der Waals surface area contributed by atoms with Gasteiger partial charge < -0.3 is 23.2 Å². The van der Waals surface area contributed by atoms with Crippen LogP contribution >= 0.6 is 0 Å². The Kier molecular flexibility index (Phi) is 4.57. The number of hydrogen-bond acceptors (Lipinski definition) is 7. The summed E-state index contributed by atoms with van der Waals surface area (Å²) >= 11 is 0. The Morgan fingerprint density at radius 3 is 2.40 bits per heavy atom. The first-order valence-corrected chi connectivity index (χ1v) is 7.82. The standard InChI is InChI=1S/C16H20BFN2O5/c1-15(2)16(3,4)25-17(24-15)11-7-12(18)10(14-20-19-8-22-14)6-13(11)23-9-21-5/h6-8H,9H2,1-5H3. The van der Waals surface area contributed by atoms with Crippen LogP contribution < -0.4 is 10.2 Å². The van der Waals surface area contributed by atoms with Crippen molar-refractivity contribution in [2.75, 3.05) is 13.9 Å². The molecule has 7 nitrogen and oxygen atoms in total. The predicted octanol–water partition coefficient (Wildman–Crippen LogP) is 2.16. The van der Waals surface area contributed by atoms with Crippen LogP contribution in [-0.4, -0.2) is 42.4 Å². The first-order chi connectivity index (χ1) is 11.7. The topological polar surface area (TPSA) is 75.8 Å². The summed E-state index contributed by atoms with van der Waals surface area (Å²) in [5.74, 6) is -0.131. The molecule has 0 radical (unpaired) electrons.